The lowest BCUT2D eigenvalue weighted by Crippen LogP contribution is -2.43. The molecule has 1 fully saturated rings. The molecule has 1 rings (SSSR count). The Morgan fingerprint density at radius 1 is 1.33 bits per heavy atom. The van der Waals surface area contributed by atoms with Gasteiger partial charge in [0.05, 0.1) is 13.7 Å². The zero-order chi connectivity index (χ0) is 13.5. The van der Waals surface area contributed by atoms with Crippen molar-refractivity contribution in [1.82, 2.24) is 9.80 Å². The fourth-order valence-corrected chi connectivity index (χ4v) is 1.84. The molecular weight excluding hydrogens is 236 g/mol. The van der Waals surface area contributed by atoms with Crippen molar-refractivity contribution in [3.63, 3.8) is 0 Å². The van der Waals surface area contributed by atoms with Crippen LogP contribution >= 0.6 is 0 Å². The summed E-state index contributed by atoms with van der Waals surface area (Å²) < 4.78 is 4.49. The lowest BCUT2D eigenvalue weighted by molar-refractivity contribution is -0.147. The Bertz CT molecular complexity index is 330. The minimum Gasteiger partial charge on any atom is -0.468 e. The fraction of sp³-hybridized carbons (Fsp3) is 0.750. The zero-order valence-corrected chi connectivity index (χ0v) is 11.0. The number of hydrogen-bond acceptors (Lipinski definition) is 4. The fourth-order valence-electron chi connectivity index (χ4n) is 1.84. The third kappa shape index (κ3) is 4.35. The Labute approximate surface area is 107 Å². The Kier molecular flexibility index (Phi) is 5.61. The molecule has 6 nitrogen and oxygen atoms in total. The van der Waals surface area contributed by atoms with Gasteiger partial charge in [0.1, 0.15) is 6.54 Å². The van der Waals surface area contributed by atoms with Crippen LogP contribution in [0.5, 0.6) is 0 Å². The second kappa shape index (κ2) is 6.98. The van der Waals surface area contributed by atoms with Crippen molar-refractivity contribution < 1.29 is 19.1 Å². The molecule has 6 heteroatoms. The molecule has 0 bridgehead atoms. The SMILES string of the molecule is COC(=O)CN(C)C(=O)CN1CCCCCC1=O. The third-order valence-corrected chi connectivity index (χ3v) is 3.02. The van der Waals surface area contributed by atoms with Gasteiger partial charge in [-0.15, -0.1) is 0 Å². The van der Waals surface area contributed by atoms with Crippen molar-refractivity contribution >= 4 is 17.8 Å². The maximum atomic E-state index is 11.8. The number of hydrogen-bond donors (Lipinski definition) is 0. The van der Waals surface area contributed by atoms with E-state index in [1.807, 2.05) is 0 Å². The second-order valence-electron chi connectivity index (χ2n) is 4.45. The number of nitrogens with zero attached hydrogens (tertiary/aromatic N) is 2. The number of carbonyl (C=O) groups is 3. The van der Waals surface area contributed by atoms with Crippen LogP contribution in [0.25, 0.3) is 0 Å². The first kappa shape index (κ1) is 14.5. The smallest absolute Gasteiger partial charge is 0.325 e. The van der Waals surface area contributed by atoms with E-state index in [1.54, 1.807) is 4.90 Å². The van der Waals surface area contributed by atoms with Crippen molar-refractivity contribution in [3.8, 4) is 0 Å². The topological polar surface area (TPSA) is 66.9 Å². The van der Waals surface area contributed by atoms with E-state index in [2.05, 4.69) is 4.74 Å². The highest BCUT2D eigenvalue weighted by atomic mass is 16.5. The molecule has 1 saturated heterocycles. The van der Waals surface area contributed by atoms with Crippen LogP contribution in [0.4, 0.5) is 0 Å². The quantitative estimate of drug-likeness (QED) is 0.665. The predicted octanol–water partition coefficient (Wildman–Crippen LogP) is 0.0204. The Morgan fingerprint density at radius 2 is 2.06 bits per heavy atom. The minimum absolute atomic E-state index is 0.0207. The van der Waals surface area contributed by atoms with Crippen LogP contribution in [0.1, 0.15) is 25.7 Å². The molecule has 1 aliphatic heterocycles. The first-order chi connectivity index (χ1) is 8.54. The average molecular weight is 256 g/mol. The summed E-state index contributed by atoms with van der Waals surface area (Å²) in [5.74, 6) is -0.684. The number of ether oxygens (including phenoxy) is 1. The second-order valence-corrected chi connectivity index (χ2v) is 4.45. The summed E-state index contributed by atoms with van der Waals surface area (Å²) in [5, 5.41) is 0. The molecule has 1 aliphatic rings. The first-order valence-corrected chi connectivity index (χ1v) is 6.13. The van der Waals surface area contributed by atoms with E-state index in [-0.39, 0.29) is 24.9 Å². The molecule has 0 spiro atoms. The summed E-state index contributed by atoms with van der Waals surface area (Å²) in [6.45, 7) is 0.584. The van der Waals surface area contributed by atoms with Crippen LogP contribution in [-0.2, 0) is 19.1 Å². The van der Waals surface area contributed by atoms with Gasteiger partial charge in [-0.3, -0.25) is 14.4 Å². The summed E-state index contributed by atoms with van der Waals surface area (Å²) in [5.41, 5.74) is 0. The highest BCUT2D eigenvalue weighted by molar-refractivity contribution is 5.87. The van der Waals surface area contributed by atoms with Gasteiger partial charge in [-0.1, -0.05) is 6.42 Å². The number of carbonyl (C=O) groups excluding carboxylic acids is 3. The molecule has 1 heterocycles. The number of likely N-dealkylation sites (N-methyl/N-ethyl adjacent to an activating group) is 1. The number of rotatable bonds is 4. The number of likely N-dealkylation sites (tertiary alicyclic amines) is 1. The molecule has 0 radical (unpaired) electrons. The van der Waals surface area contributed by atoms with Crippen LogP contribution in [-0.4, -0.2) is 61.4 Å². The van der Waals surface area contributed by atoms with Crippen LogP contribution in [0.3, 0.4) is 0 Å². The Morgan fingerprint density at radius 3 is 2.72 bits per heavy atom. The van der Waals surface area contributed by atoms with E-state index in [0.717, 1.165) is 19.3 Å². The first-order valence-electron chi connectivity index (χ1n) is 6.13. The van der Waals surface area contributed by atoms with E-state index in [9.17, 15) is 14.4 Å². The largest absolute Gasteiger partial charge is 0.468 e. The minimum atomic E-state index is -0.465. The van der Waals surface area contributed by atoms with E-state index >= 15 is 0 Å². The van der Waals surface area contributed by atoms with E-state index in [4.69, 9.17) is 0 Å². The van der Waals surface area contributed by atoms with Gasteiger partial charge in [0.2, 0.25) is 11.8 Å². The summed E-state index contributed by atoms with van der Waals surface area (Å²) in [6, 6.07) is 0. The predicted molar refractivity (Wildman–Crippen MR) is 64.7 cm³/mol. The van der Waals surface area contributed by atoms with Crippen molar-refractivity contribution in [2.24, 2.45) is 0 Å². The standard InChI is InChI=1S/C12H20N2O4/c1-13(9-12(17)18-2)11(16)8-14-7-5-3-4-6-10(14)15/h3-9H2,1-2H3. The van der Waals surface area contributed by atoms with Crippen LogP contribution in [0, 0.1) is 0 Å². The van der Waals surface area contributed by atoms with E-state index < -0.39 is 5.97 Å². The maximum Gasteiger partial charge on any atom is 0.325 e. The average Bonchev–Trinajstić information content (AvgIpc) is 2.54. The van der Waals surface area contributed by atoms with E-state index in [0.29, 0.717) is 13.0 Å². The number of methoxy groups -OCH3 is 1. The molecular formula is C12H20N2O4. The van der Waals surface area contributed by atoms with Gasteiger partial charge in [-0.25, -0.2) is 0 Å². The van der Waals surface area contributed by atoms with Crippen LogP contribution < -0.4 is 0 Å². The van der Waals surface area contributed by atoms with Gasteiger partial charge >= 0.3 is 5.97 Å². The molecule has 0 saturated carbocycles. The van der Waals surface area contributed by atoms with Crippen LogP contribution in [0.15, 0.2) is 0 Å². The summed E-state index contributed by atoms with van der Waals surface area (Å²) >= 11 is 0. The highest BCUT2D eigenvalue weighted by Crippen LogP contribution is 2.11. The molecule has 0 aromatic carbocycles. The van der Waals surface area contributed by atoms with Crippen molar-refractivity contribution in [2.75, 3.05) is 33.8 Å². The molecule has 0 N–H and O–H groups in total. The van der Waals surface area contributed by atoms with Gasteiger partial charge in [-0.05, 0) is 12.8 Å². The summed E-state index contributed by atoms with van der Waals surface area (Å²) in [6.07, 6.45) is 3.35. The monoisotopic (exact) mass is 256 g/mol. The molecule has 0 aromatic rings. The number of amides is 2. The van der Waals surface area contributed by atoms with Gasteiger partial charge in [0.25, 0.3) is 0 Å². The van der Waals surface area contributed by atoms with Gasteiger partial charge in [0.15, 0.2) is 0 Å². The maximum absolute atomic E-state index is 11.8. The van der Waals surface area contributed by atoms with Crippen LogP contribution in [0.2, 0.25) is 0 Å². The lowest BCUT2D eigenvalue weighted by Gasteiger charge is -2.23. The molecule has 0 atom stereocenters. The van der Waals surface area contributed by atoms with E-state index in [1.165, 1.54) is 19.1 Å². The van der Waals surface area contributed by atoms with Gasteiger partial charge < -0.3 is 14.5 Å². The molecule has 102 valence electrons. The Hall–Kier alpha value is -1.59. The molecule has 2 amide bonds. The van der Waals surface area contributed by atoms with Crippen molar-refractivity contribution in [3.05, 3.63) is 0 Å². The number of esters is 1. The molecule has 0 aromatic heterocycles. The highest BCUT2D eigenvalue weighted by Gasteiger charge is 2.21. The van der Waals surface area contributed by atoms with Crippen molar-refractivity contribution in [2.45, 2.75) is 25.7 Å². The normalized spacial score (nSPS) is 16.1. The Balaban J connectivity index is 2.46. The third-order valence-electron chi connectivity index (χ3n) is 3.02. The molecule has 0 unspecified atom stereocenters. The van der Waals surface area contributed by atoms with Gasteiger partial charge in [-0.2, -0.15) is 0 Å². The lowest BCUT2D eigenvalue weighted by atomic mass is 10.2. The zero-order valence-electron chi connectivity index (χ0n) is 11.0. The molecule has 0 aliphatic carbocycles. The van der Waals surface area contributed by atoms with Gasteiger partial charge in [0, 0.05) is 20.0 Å². The molecule has 18 heavy (non-hydrogen) atoms. The van der Waals surface area contributed by atoms with Crippen molar-refractivity contribution in [1.29, 1.82) is 0 Å². The summed E-state index contributed by atoms with van der Waals surface area (Å²) in [7, 11) is 2.81. The summed E-state index contributed by atoms with van der Waals surface area (Å²) in [4.78, 5) is 37.5.